The van der Waals surface area contributed by atoms with Gasteiger partial charge in [-0.2, -0.15) is 13.2 Å². The number of amides is 1. The molecule has 2 unspecified atom stereocenters. The highest BCUT2D eigenvalue weighted by Gasteiger charge is 2.46. The summed E-state index contributed by atoms with van der Waals surface area (Å²) >= 11 is 0. The van der Waals surface area contributed by atoms with Crippen LogP contribution in [0.3, 0.4) is 0 Å². The summed E-state index contributed by atoms with van der Waals surface area (Å²) in [6.45, 7) is 2.05. The fourth-order valence-corrected chi connectivity index (χ4v) is 2.43. The van der Waals surface area contributed by atoms with E-state index in [1.807, 2.05) is 0 Å². The summed E-state index contributed by atoms with van der Waals surface area (Å²) in [7, 11) is 0. The number of halogens is 4. The maximum absolute atomic E-state index is 13.8. The fourth-order valence-electron chi connectivity index (χ4n) is 2.43. The Morgan fingerprint density at radius 3 is 2.43 bits per heavy atom. The molecule has 1 aromatic carbocycles. The molecule has 0 bridgehead atoms. The molecule has 0 radical (unpaired) electrons. The van der Waals surface area contributed by atoms with Gasteiger partial charge in [-0.15, -0.1) is 0 Å². The van der Waals surface area contributed by atoms with Gasteiger partial charge in [0.2, 0.25) is 5.91 Å². The van der Waals surface area contributed by atoms with Crippen LogP contribution in [-0.4, -0.2) is 29.6 Å². The third-order valence-electron chi connectivity index (χ3n) is 3.41. The van der Waals surface area contributed by atoms with Crippen molar-refractivity contribution in [3.8, 4) is 0 Å². The summed E-state index contributed by atoms with van der Waals surface area (Å²) < 4.78 is 51.9. The highest BCUT2D eigenvalue weighted by atomic mass is 19.4. The van der Waals surface area contributed by atoms with Crippen molar-refractivity contribution >= 4 is 5.91 Å². The van der Waals surface area contributed by atoms with Gasteiger partial charge >= 0.3 is 6.18 Å². The second kappa shape index (κ2) is 5.63. The van der Waals surface area contributed by atoms with Gasteiger partial charge in [0.1, 0.15) is 18.5 Å². The average molecular weight is 304 g/mol. The van der Waals surface area contributed by atoms with Gasteiger partial charge in [-0.25, -0.2) is 4.39 Å². The first kappa shape index (κ1) is 15.8. The summed E-state index contributed by atoms with van der Waals surface area (Å²) in [4.78, 5) is 12.8. The Morgan fingerprint density at radius 1 is 1.29 bits per heavy atom. The van der Waals surface area contributed by atoms with E-state index in [1.165, 1.54) is 18.2 Å². The highest BCUT2D eigenvalue weighted by molar-refractivity contribution is 5.85. The summed E-state index contributed by atoms with van der Waals surface area (Å²) in [5.41, 5.74) is 0.0400. The number of alkyl halides is 3. The molecule has 7 heteroatoms. The molecule has 2 atom stereocenters. The molecule has 116 valence electrons. The van der Waals surface area contributed by atoms with Crippen LogP contribution >= 0.6 is 0 Å². The van der Waals surface area contributed by atoms with Crippen LogP contribution in [0, 0.1) is 11.7 Å². The highest BCUT2D eigenvalue weighted by Crippen LogP contribution is 2.32. The molecule has 1 amide bonds. The lowest BCUT2D eigenvalue weighted by atomic mass is 10.1. The first-order valence-electron chi connectivity index (χ1n) is 6.58. The molecule has 1 fully saturated rings. The first-order chi connectivity index (χ1) is 9.70. The Labute approximate surface area is 119 Å². The van der Waals surface area contributed by atoms with Crippen molar-refractivity contribution in [3.63, 3.8) is 0 Å². The molecule has 0 aliphatic carbocycles. The van der Waals surface area contributed by atoms with Crippen LogP contribution in [-0.2, 0) is 4.79 Å². The lowest BCUT2D eigenvalue weighted by molar-refractivity contribution is -0.162. The van der Waals surface area contributed by atoms with E-state index in [4.69, 9.17) is 0 Å². The molecule has 3 nitrogen and oxygen atoms in total. The molecular formula is C14H16F4N2O. The van der Waals surface area contributed by atoms with Crippen LogP contribution in [0.2, 0.25) is 0 Å². The monoisotopic (exact) mass is 304 g/mol. The van der Waals surface area contributed by atoms with Gasteiger partial charge < -0.3 is 4.90 Å². The van der Waals surface area contributed by atoms with Crippen molar-refractivity contribution in [3.05, 3.63) is 35.6 Å². The second-order valence-corrected chi connectivity index (χ2v) is 5.39. The predicted molar refractivity (Wildman–Crippen MR) is 68.7 cm³/mol. The number of nitrogens with one attached hydrogen (secondary N) is 1. The van der Waals surface area contributed by atoms with Gasteiger partial charge in [-0.1, -0.05) is 32.0 Å². The smallest absolute Gasteiger partial charge is 0.312 e. The normalized spacial score (nSPS) is 23.2. The van der Waals surface area contributed by atoms with Crippen LogP contribution in [0.15, 0.2) is 24.3 Å². The van der Waals surface area contributed by atoms with E-state index in [1.54, 1.807) is 13.8 Å². The van der Waals surface area contributed by atoms with Gasteiger partial charge in [-0.05, 0) is 12.0 Å². The van der Waals surface area contributed by atoms with Crippen molar-refractivity contribution in [1.29, 1.82) is 0 Å². The summed E-state index contributed by atoms with van der Waals surface area (Å²) in [6, 6.07) is 4.77. The molecule has 1 aromatic rings. The van der Waals surface area contributed by atoms with E-state index in [0.717, 1.165) is 6.07 Å². The van der Waals surface area contributed by atoms with Gasteiger partial charge in [0.05, 0.1) is 6.04 Å². The standard InChI is InChI=1S/C14H16F4N2O/c1-8(2)11-13(21)20(7-14(16,17)18)12(19-11)9-5-3-4-6-10(9)15/h3-6,8,11-12,19H,7H2,1-2H3. The molecule has 0 saturated carbocycles. The molecule has 0 aromatic heterocycles. The van der Waals surface area contributed by atoms with E-state index in [0.29, 0.717) is 4.90 Å². The Hall–Kier alpha value is -1.63. The number of nitrogens with zero attached hydrogens (tertiary/aromatic N) is 1. The Balaban J connectivity index is 2.37. The SMILES string of the molecule is CC(C)C1NC(c2ccccc2F)N(CC(F)(F)F)C1=O. The van der Waals surface area contributed by atoms with Crippen molar-refractivity contribution < 1.29 is 22.4 Å². The van der Waals surface area contributed by atoms with Gasteiger partial charge in [0.15, 0.2) is 0 Å². The fraction of sp³-hybridized carbons (Fsp3) is 0.500. The molecule has 1 saturated heterocycles. The van der Waals surface area contributed by atoms with Crippen LogP contribution in [0.4, 0.5) is 17.6 Å². The van der Waals surface area contributed by atoms with Gasteiger partial charge in [0, 0.05) is 5.56 Å². The quantitative estimate of drug-likeness (QED) is 0.871. The van der Waals surface area contributed by atoms with E-state index in [9.17, 15) is 22.4 Å². The Bertz CT molecular complexity index is 530. The zero-order valence-corrected chi connectivity index (χ0v) is 11.6. The van der Waals surface area contributed by atoms with Gasteiger partial charge in [-0.3, -0.25) is 10.1 Å². The maximum atomic E-state index is 13.8. The van der Waals surface area contributed by atoms with Crippen molar-refractivity contribution in [2.45, 2.75) is 32.2 Å². The van der Waals surface area contributed by atoms with Crippen LogP contribution in [0.25, 0.3) is 0 Å². The van der Waals surface area contributed by atoms with Crippen molar-refractivity contribution in [2.75, 3.05) is 6.54 Å². The summed E-state index contributed by atoms with van der Waals surface area (Å²) in [6.07, 6.45) is -5.64. The number of benzene rings is 1. The van der Waals surface area contributed by atoms with Crippen LogP contribution in [0.5, 0.6) is 0 Å². The predicted octanol–water partition coefficient (Wildman–Crippen LogP) is 2.84. The lowest BCUT2D eigenvalue weighted by Crippen LogP contribution is -2.39. The molecule has 2 rings (SSSR count). The van der Waals surface area contributed by atoms with Crippen LogP contribution < -0.4 is 5.32 Å². The summed E-state index contributed by atoms with van der Waals surface area (Å²) in [5, 5.41) is 2.81. The molecule has 21 heavy (non-hydrogen) atoms. The van der Waals surface area contributed by atoms with E-state index < -0.39 is 36.7 Å². The third-order valence-corrected chi connectivity index (χ3v) is 3.41. The van der Waals surface area contributed by atoms with Crippen molar-refractivity contribution in [1.82, 2.24) is 10.2 Å². The third kappa shape index (κ3) is 3.34. The van der Waals surface area contributed by atoms with Crippen LogP contribution in [0.1, 0.15) is 25.6 Å². The molecular weight excluding hydrogens is 288 g/mol. The summed E-state index contributed by atoms with van der Waals surface area (Å²) in [5.74, 6) is -1.49. The largest absolute Gasteiger partial charge is 0.406 e. The molecule has 1 aliphatic rings. The van der Waals surface area contributed by atoms with E-state index >= 15 is 0 Å². The lowest BCUT2D eigenvalue weighted by Gasteiger charge is -2.25. The van der Waals surface area contributed by atoms with Gasteiger partial charge in [0.25, 0.3) is 0 Å². The number of carbonyl (C=O) groups excluding carboxylic acids is 1. The number of hydrogen-bond acceptors (Lipinski definition) is 2. The number of hydrogen-bond donors (Lipinski definition) is 1. The minimum atomic E-state index is -4.54. The van der Waals surface area contributed by atoms with Crippen molar-refractivity contribution in [2.24, 2.45) is 5.92 Å². The minimum absolute atomic E-state index is 0.0400. The second-order valence-electron chi connectivity index (χ2n) is 5.39. The molecule has 0 spiro atoms. The van der Waals surface area contributed by atoms with E-state index in [-0.39, 0.29) is 11.5 Å². The zero-order chi connectivity index (χ0) is 15.8. The number of carbonyl (C=O) groups is 1. The molecule has 1 heterocycles. The average Bonchev–Trinajstić information content (AvgIpc) is 2.66. The maximum Gasteiger partial charge on any atom is 0.406 e. The first-order valence-corrected chi connectivity index (χ1v) is 6.58. The Kier molecular flexibility index (Phi) is 4.22. The molecule has 1 N–H and O–H groups in total. The molecule has 1 aliphatic heterocycles. The Morgan fingerprint density at radius 2 is 1.90 bits per heavy atom. The van der Waals surface area contributed by atoms with E-state index in [2.05, 4.69) is 5.32 Å². The zero-order valence-electron chi connectivity index (χ0n) is 11.6. The topological polar surface area (TPSA) is 32.3 Å². The number of rotatable bonds is 3. The minimum Gasteiger partial charge on any atom is -0.312 e.